The van der Waals surface area contributed by atoms with E-state index in [4.69, 9.17) is 4.74 Å². The van der Waals surface area contributed by atoms with Gasteiger partial charge in [-0.15, -0.1) is 0 Å². The van der Waals surface area contributed by atoms with Gasteiger partial charge in [0.2, 0.25) is 0 Å². The van der Waals surface area contributed by atoms with Crippen molar-refractivity contribution in [1.82, 2.24) is 14.9 Å². The van der Waals surface area contributed by atoms with Gasteiger partial charge in [0, 0.05) is 31.2 Å². The fourth-order valence-corrected chi connectivity index (χ4v) is 3.79. The first-order valence-corrected chi connectivity index (χ1v) is 8.72. The van der Waals surface area contributed by atoms with Gasteiger partial charge in [-0.2, -0.15) is 0 Å². The van der Waals surface area contributed by atoms with Crippen molar-refractivity contribution < 1.29 is 13.7 Å². The Balaban J connectivity index is 1.90. The number of carbonyl (C=O) groups excluding carboxylic acids is 1. The third-order valence-electron chi connectivity index (χ3n) is 3.38. The molecule has 0 unspecified atom stereocenters. The van der Waals surface area contributed by atoms with Crippen LogP contribution in [0.5, 0.6) is 0 Å². The van der Waals surface area contributed by atoms with Crippen LogP contribution >= 0.6 is 0 Å². The van der Waals surface area contributed by atoms with Gasteiger partial charge in [0.05, 0.1) is 16.5 Å². The molecule has 0 aromatic carbocycles. The van der Waals surface area contributed by atoms with E-state index < -0.39 is 16.4 Å². The predicted octanol–water partition coefficient (Wildman–Crippen LogP) is 2.15. The molecule has 0 radical (unpaired) electrons. The van der Waals surface area contributed by atoms with Crippen molar-refractivity contribution in [1.29, 1.82) is 0 Å². The highest BCUT2D eigenvalue weighted by atomic mass is 32.2. The number of aryl methyl sites for hydroxylation is 1. The van der Waals surface area contributed by atoms with Crippen molar-refractivity contribution in [3.63, 3.8) is 0 Å². The van der Waals surface area contributed by atoms with E-state index in [1.165, 1.54) is 0 Å². The average molecular weight is 325 g/mol. The minimum absolute atomic E-state index is 0.203. The van der Waals surface area contributed by atoms with Crippen LogP contribution in [0, 0.1) is 12.8 Å². The topological polar surface area (TPSA) is 72.4 Å². The van der Waals surface area contributed by atoms with E-state index in [-0.39, 0.29) is 12.0 Å². The normalized spacial score (nSPS) is 20.0. The van der Waals surface area contributed by atoms with Gasteiger partial charge >= 0.3 is 6.09 Å². The van der Waals surface area contributed by atoms with E-state index in [1.54, 1.807) is 17.3 Å². The highest BCUT2D eigenvalue weighted by Crippen LogP contribution is 2.22. The van der Waals surface area contributed by atoms with Crippen molar-refractivity contribution in [2.45, 2.75) is 44.7 Å². The summed E-state index contributed by atoms with van der Waals surface area (Å²) in [6.07, 6.45) is 3.69. The molecule has 0 N–H and O–H groups in total. The molecule has 2 heterocycles. The number of nitrogens with zero attached hydrogens (tertiary/aromatic N) is 3. The van der Waals surface area contributed by atoms with Crippen LogP contribution in [-0.2, 0) is 15.5 Å². The Bertz CT molecular complexity index is 571. The number of hydrogen-bond donors (Lipinski definition) is 0. The number of rotatable bonds is 3. The Morgan fingerprint density at radius 1 is 1.41 bits per heavy atom. The van der Waals surface area contributed by atoms with Crippen molar-refractivity contribution in [2.24, 2.45) is 5.92 Å². The Morgan fingerprint density at radius 3 is 2.73 bits per heavy atom. The summed E-state index contributed by atoms with van der Waals surface area (Å²) in [6.45, 7) is 8.59. The highest BCUT2D eigenvalue weighted by molar-refractivity contribution is 7.85. The second-order valence-electron chi connectivity index (χ2n) is 6.54. The summed E-state index contributed by atoms with van der Waals surface area (Å²) >= 11 is 0. The third-order valence-corrected chi connectivity index (χ3v) is 4.98. The molecule has 1 aromatic heterocycles. The lowest BCUT2D eigenvalue weighted by Gasteiger charge is -2.24. The number of carbonyl (C=O) groups is 1. The molecule has 7 heteroatoms. The van der Waals surface area contributed by atoms with Gasteiger partial charge in [-0.3, -0.25) is 9.19 Å². The first-order valence-electron chi connectivity index (χ1n) is 7.40. The smallest absolute Gasteiger partial charge is 0.410 e. The fourth-order valence-electron chi connectivity index (χ4n) is 2.37. The molecule has 22 heavy (non-hydrogen) atoms. The molecular formula is C15H23N3O3S. The summed E-state index contributed by atoms with van der Waals surface area (Å²) in [5.41, 5.74) is 0.206. The molecule has 0 aliphatic carbocycles. The summed E-state index contributed by atoms with van der Waals surface area (Å²) in [7, 11) is -1.18. The quantitative estimate of drug-likeness (QED) is 0.851. The van der Waals surface area contributed by atoms with Gasteiger partial charge in [0.25, 0.3) is 0 Å². The van der Waals surface area contributed by atoms with Crippen molar-refractivity contribution >= 4 is 16.9 Å². The van der Waals surface area contributed by atoms with E-state index in [9.17, 15) is 9.00 Å². The van der Waals surface area contributed by atoms with Gasteiger partial charge in [-0.1, -0.05) is 0 Å². The molecule has 1 aliphatic heterocycles. The maximum absolute atomic E-state index is 12.4. The lowest BCUT2D eigenvalue weighted by Crippen LogP contribution is -2.35. The highest BCUT2D eigenvalue weighted by Gasteiger charge is 2.31. The van der Waals surface area contributed by atoms with Gasteiger partial charge < -0.3 is 9.64 Å². The molecule has 2 atom stereocenters. The maximum atomic E-state index is 12.4. The standard InChI is InChI=1S/C15H23N3O3S/c1-11-13(17-7-6-16-11)22(20)10-12-5-8-18(9-12)14(19)21-15(2,3)4/h6-7,12H,5,8-10H2,1-4H3/t12-,22+/m1/s1. The van der Waals surface area contributed by atoms with Gasteiger partial charge in [-0.25, -0.2) is 9.78 Å². The lowest BCUT2D eigenvalue weighted by atomic mass is 10.2. The lowest BCUT2D eigenvalue weighted by molar-refractivity contribution is 0.0289. The summed E-state index contributed by atoms with van der Waals surface area (Å²) in [5.74, 6) is 0.702. The van der Waals surface area contributed by atoms with Crippen LogP contribution in [0.4, 0.5) is 4.79 Å². The molecule has 1 aliphatic rings. The zero-order valence-corrected chi connectivity index (χ0v) is 14.4. The molecule has 0 spiro atoms. The van der Waals surface area contributed by atoms with Gasteiger partial charge in [0.15, 0.2) is 0 Å². The fraction of sp³-hybridized carbons (Fsp3) is 0.667. The second-order valence-corrected chi connectivity index (χ2v) is 7.95. The minimum Gasteiger partial charge on any atom is -0.444 e. The molecule has 0 bridgehead atoms. The summed E-state index contributed by atoms with van der Waals surface area (Å²) in [5, 5.41) is 0.540. The predicted molar refractivity (Wildman–Crippen MR) is 84.0 cm³/mol. The zero-order valence-electron chi connectivity index (χ0n) is 13.5. The van der Waals surface area contributed by atoms with E-state index in [2.05, 4.69) is 9.97 Å². The van der Waals surface area contributed by atoms with Crippen molar-refractivity contribution in [3.05, 3.63) is 18.1 Å². The SMILES string of the molecule is Cc1nccnc1[S@@](=O)C[C@@H]1CCN(C(=O)OC(C)(C)C)C1. The van der Waals surface area contributed by atoms with Crippen molar-refractivity contribution in [2.75, 3.05) is 18.8 Å². The van der Waals surface area contributed by atoms with E-state index >= 15 is 0 Å². The zero-order chi connectivity index (χ0) is 16.3. The van der Waals surface area contributed by atoms with Crippen LogP contribution in [0.1, 0.15) is 32.9 Å². The summed E-state index contributed by atoms with van der Waals surface area (Å²) in [4.78, 5) is 22.0. The minimum atomic E-state index is -1.18. The van der Waals surface area contributed by atoms with Crippen LogP contribution in [0.3, 0.4) is 0 Å². The molecule has 122 valence electrons. The number of hydrogen-bond acceptors (Lipinski definition) is 5. The first kappa shape index (κ1) is 16.9. The molecule has 1 aromatic rings. The molecule has 1 saturated heterocycles. The summed E-state index contributed by atoms with van der Waals surface area (Å²) < 4.78 is 17.8. The van der Waals surface area contributed by atoms with Crippen molar-refractivity contribution in [3.8, 4) is 0 Å². The van der Waals surface area contributed by atoms with Gasteiger partial charge in [0.1, 0.15) is 10.6 Å². The summed E-state index contributed by atoms with van der Waals surface area (Å²) in [6, 6.07) is 0. The first-order chi connectivity index (χ1) is 10.3. The van der Waals surface area contributed by atoms with Crippen LogP contribution in [0.2, 0.25) is 0 Å². The monoisotopic (exact) mass is 325 g/mol. The van der Waals surface area contributed by atoms with E-state index in [1.807, 2.05) is 27.7 Å². The van der Waals surface area contributed by atoms with E-state index in [0.717, 1.165) is 6.42 Å². The van der Waals surface area contributed by atoms with Crippen LogP contribution in [0.15, 0.2) is 17.4 Å². The maximum Gasteiger partial charge on any atom is 0.410 e. The number of amides is 1. The number of ether oxygens (including phenoxy) is 1. The Morgan fingerprint density at radius 2 is 2.09 bits per heavy atom. The van der Waals surface area contributed by atoms with Crippen LogP contribution < -0.4 is 0 Å². The molecule has 1 fully saturated rings. The van der Waals surface area contributed by atoms with Crippen LogP contribution in [0.25, 0.3) is 0 Å². The average Bonchev–Trinajstić information content (AvgIpc) is 2.85. The number of aromatic nitrogens is 2. The molecule has 0 saturated carbocycles. The largest absolute Gasteiger partial charge is 0.444 e. The second kappa shape index (κ2) is 6.73. The van der Waals surface area contributed by atoms with Gasteiger partial charge in [-0.05, 0) is 40.0 Å². The number of likely N-dealkylation sites (tertiary alicyclic amines) is 1. The Labute approximate surface area is 133 Å². The molecule has 6 nitrogen and oxygen atoms in total. The Hall–Kier alpha value is -1.50. The molecule has 1 amide bonds. The Kier molecular flexibility index (Phi) is 5.16. The van der Waals surface area contributed by atoms with Crippen LogP contribution in [-0.4, -0.2) is 49.6 Å². The molecular weight excluding hydrogens is 302 g/mol. The third kappa shape index (κ3) is 4.50. The van der Waals surface area contributed by atoms with E-state index in [0.29, 0.717) is 29.6 Å². The molecule has 2 rings (SSSR count).